The fourth-order valence-corrected chi connectivity index (χ4v) is 2.78. The number of nitro benzene ring substituents is 1. The lowest BCUT2D eigenvalue weighted by molar-refractivity contribution is -0.384. The van der Waals surface area contributed by atoms with E-state index in [9.17, 15) is 14.9 Å². The van der Waals surface area contributed by atoms with Crippen molar-refractivity contribution >= 4 is 35.6 Å². The van der Waals surface area contributed by atoms with Crippen molar-refractivity contribution in [3.63, 3.8) is 0 Å². The van der Waals surface area contributed by atoms with Gasteiger partial charge in [-0.15, -0.1) is 12.4 Å². The number of piperidine rings is 1. The molecule has 134 valence electrons. The van der Waals surface area contributed by atoms with Crippen molar-refractivity contribution in [3.05, 3.63) is 38.9 Å². The molecule has 0 aliphatic carbocycles. The molecule has 1 amide bonds. The van der Waals surface area contributed by atoms with E-state index in [0.717, 1.165) is 19.3 Å². The largest absolute Gasteiger partial charge is 0.378 e. The number of carbonyl (C=O) groups excluding carboxylic acids is 1. The van der Waals surface area contributed by atoms with Crippen molar-refractivity contribution in [1.29, 1.82) is 0 Å². The molecule has 24 heavy (non-hydrogen) atoms. The van der Waals surface area contributed by atoms with Crippen LogP contribution in [0.2, 0.25) is 5.02 Å². The molecule has 0 aromatic heterocycles. The van der Waals surface area contributed by atoms with Crippen LogP contribution in [0, 0.1) is 10.1 Å². The number of nitro groups is 1. The van der Waals surface area contributed by atoms with E-state index in [1.165, 1.54) is 18.2 Å². The fourth-order valence-electron chi connectivity index (χ4n) is 2.52. The van der Waals surface area contributed by atoms with Gasteiger partial charge in [-0.3, -0.25) is 14.9 Å². The molecule has 1 aliphatic heterocycles. The molecule has 1 fully saturated rings. The lowest BCUT2D eigenvalue weighted by Crippen LogP contribution is -2.41. The number of nitrogens with zero attached hydrogens (tertiary/aromatic N) is 2. The lowest BCUT2D eigenvalue weighted by Gasteiger charge is -2.32. The van der Waals surface area contributed by atoms with Crippen molar-refractivity contribution in [2.24, 2.45) is 5.73 Å². The molecular formula is C15H21Cl2N3O4. The van der Waals surface area contributed by atoms with E-state index >= 15 is 0 Å². The Morgan fingerprint density at radius 3 is 2.62 bits per heavy atom. The van der Waals surface area contributed by atoms with Gasteiger partial charge >= 0.3 is 0 Å². The van der Waals surface area contributed by atoms with Crippen LogP contribution in [-0.4, -0.2) is 48.1 Å². The number of hydrogen-bond donors (Lipinski definition) is 1. The van der Waals surface area contributed by atoms with Crippen LogP contribution in [0.1, 0.15) is 29.6 Å². The number of ether oxygens (including phenoxy) is 1. The van der Waals surface area contributed by atoms with E-state index in [1.54, 1.807) is 4.90 Å². The van der Waals surface area contributed by atoms with Gasteiger partial charge < -0.3 is 15.4 Å². The number of carbonyl (C=O) groups is 1. The Balaban J connectivity index is 0.00000288. The SMILES string of the molecule is Cl.NCCCOC1CCN(C(=O)c2ccc([N+](=O)[O-])cc2Cl)CC1. The lowest BCUT2D eigenvalue weighted by atomic mass is 10.1. The van der Waals surface area contributed by atoms with Crippen molar-refractivity contribution in [2.45, 2.75) is 25.4 Å². The minimum atomic E-state index is -0.537. The van der Waals surface area contributed by atoms with Crippen molar-refractivity contribution in [3.8, 4) is 0 Å². The van der Waals surface area contributed by atoms with Gasteiger partial charge in [-0.1, -0.05) is 11.6 Å². The van der Waals surface area contributed by atoms with Crippen LogP contribution < -0.4 is 5.73 Å². The molecule has 9 heteroatoms. The maximum Gasteiger partial charge on any atom is 0.270 e. The summed E-state index contributed by atoms with van der Waals surface area (Å²) in [6.07, 6.45) is 2.51. The molecule has 1 aromatic rings. The van der Waals surface area contributed by atoms with Crippen LogP contribution in [0.3, 0.4) is 0 Å². The van der Waals surface area contributed by atoms with Gasteiger partial charge in [-0.25, -0.2) is 0 Å². The third-order valence-electron chi connectivity index (χ3n) is 3.83. The minimum Gasteiger partial charge on any atom is -0.378 e. The highest BCUT2D eigenvalue weighted by molar-refractivity contribution is 6.34. The molecule has 2 N–H and O–H groups in total. The molecule has 1 aliphatic rings. The molecule has 0 spiro atoms. The monoisotopic (exact) mass is 377 g/mol. The molecule has 0 bridgehead atoms. The highest BCUT2D eigenvalue weighted by Crippen LogP contribution is 2.25. The predicted octanol–water partition coefficient (Wildman–Crippen LogP) is 2.64. The first-order valence-corrected chi connectivity index (χ1v) is 7.95. The number of hydrogen-bond acceptors (Lipinski definition) is 5. The zero-order valence-electron chi connectivity index (χ0n) is 13.2. The zero-order chi connectivity index (χ0) is 16.8. The number of nitrogens with two attached hydrogens (primary N) is 1. The molecular weight excluding hydrogens is 357 g/mol. The normalized spacial score (nSPS) is 15.0. The summed E-state index contributed by atoms with van der Waals surface area (Å²) in [7, 11) is 0. The van der Waals surface area contributed by atoms with E-state index < -0.39 is 4.92 Å². The first-order valence-electron chi connectivity index (χ1n) is 7.58. The Morgan fingerprint density at radius 2 is 2.08 bits per heavy atom. The van der Waals surface area contributed by atoms with Crippen molar-refractivity contribution in [2.75, 3.05) is 26.2 Å². The molecule has 0 unspecified atom stereocenters. The Labute approximate surface area is 151 Å². The maximum atomic E-state index is 12.5. The second-order valence-electron chi connectivity index (χ2n) is 5.43. The summed E-state index contributed by atoms with van der Waals surface area (Å²) < 4.78 is 5.70. The van der Waals surface area contributed by atoms with Crippen LogP contribution in [-0.2, 0) is 4.74 Å². The first-order chi connectivity index (χ1) is 11.0. The Hall–Kier alpha value is -1.41. The van der Waals surface area contributed by atoms with Crippen molar-refractivity contribution < 1.29 is 14.5 Å². The van der Waals surface area contributed by atoms with Gasteiger partial charge in [0.1, 0.15) is 0 Å². The Kier molecular flexibility index (Phi) is 8.41. The summed E-state index contributed by atoms with van der Waals surface area (Å²) in [6, 6.07) is 3.91. The molecule has 1 saturated heterocycles. The number of benzene rings is 1. The third-order valence-corrected chi connectivity index (χ3v) is 4.14. The van der Waals surface area contributed by atoms with E-state index in [0.29, 0.717) is 31.8 Å². The van der Waals surface area contributed by atoms with Crippen LogP contribution >= 0.6 is 24.0 Å². The predicted molar refractivity (Wildman–Crippen MR) is 93.9 cm³/mol. The maximum absolute atomic E-state index is 12.5. The second-order valence-corrected chi connectivity index (χ2v) is 5.83. The quantitative estimate of drug-likeness (QED) is 0.466. The van der Waals surface area contributed by atoms with E-state index in [4.69, 9.17) is 22.1 Å². The van der Waals surface area contributed by atoms with E-state index in [2.05, 4.69) is 0 Å². The highest BCUT2D eigenvalue weighted by atomic mass is 35.5. The minimum absolute atomic E-state index is 0. The smallest absolute Gasteiger partial charge is 0.270 e. The molecule has 7 nitrogen and oxygen atoms in total. The van der Waals surface area contributed by atoms with Gasteiger partial charge in [0.05, 0.1) is 21.6 Å². The third kappa shape index (κ3) is 5.31. The van der Waals surface area contributed by atoms with Gasteiger partial charge in [-0.2, -0.15) is 0 Å². The second kappa shape index (κ2) is 9.78. The summed E-state index contributed by atoms with van der Waals surface area (Å²) in [6.45, 7) is 2.41. The standard InChI is InChI=1S/C15H20ClN3O4.ClH/c16-14-10-11(19(21)22)2-3-13(14)15(20)18-7-4-12(5-8-18)23-9-1-6-17;/h2-3,10,12H,1,4-9,17H2;1H. The molecule has 0 saturated carbocycles. The summed E-state index contributed by atoms with van der Waals surface area (Å²) in [5.74, 6) is -0.203. The topological polar surface area (TPSA) is 98.7 Å². The summed E-state index contributed by atoms with van der Waals surface area (Å²) in [4.78, 5) is 24.4. The molecule has 0 radical (unpaired) electrons. The Morgan fingerprint density at radius 1 is 1.42 bits per heavy atom. The van der Waals surface area contributed by atoms with Crippen LogP contribution in [0.5, 0.6) is 0 Å². The van der Waals surface area contributed by atoms with Gasteiger partial charge in [0.2, 0.25) is 0 Å². The molecule has 0 atom stereocenters. The zero-order valence-corrected chi connectivity index (χ0v) is 14.7. The number of rotatable bonds is 6. The van der Waals surface area contributed by atoms with Crippen molar-refractivity contribution in [1.82, 2.24) is 4.90 Å². The Bertz CT molecular complexity index is 578. The number of likely N-dealkylation sites (tertiary alicyclic amines) is 1. The number of halogens is 2. The summed E-state index contributed by atoms with van der Waals surface area (Å²) in [5.41, 5.74) is 5.59. The summed E-state index contributed by atoms with van der Waals surface area (Å²) in [5, 5.41) is 10.8. The van der Waals surface area contributed by atoms with E-state index in [1.807, 2.05) is 0 Å². The van der Waals surface area contributed by atoms with Gasteiger partial charge in [0.15, 0.2) is 0 Å². The molecule has 1 heterocycles. The molecule has 2 rings (SSSR count). The van der Waals surface area contributed by atoms with Gasteiger partial charge in [0, 0.05) is 31.8 Å². The highest BCUT2D eigenvalue weighted by Gasteiger charge is 2.25. The number of amides is 1. The van der Waals surface area contributed by atoms with Gasteiger partial charge in [-0.05, 0) is 31.9 Å². The van der Waals surface area contributed by atoms with Crippen LogP contribution in [0.4, 0.5) is 5.69 Å². The molecule has 1 aromatic carbocycles. The first kappa shape index (κ1) is 20.6. The average Bonchev–Trinajstić information content (AvgIpc) is 2.55. The number of non-ortho nitro benzene ring substituents is 1. The average molecular weight is 378 g/mol. The van der Waals surface area contributed by atoms with Crippen LogP contribution in [0.25, 0.3) is 0 Å². The van der Waals surface area contributed by atoms with Crippen LogP contribution in [0.15, 0.2) is 18.2 Å². The van der Waals surface area contributed by atoms with Gasteiger partial charge in [0.25, 0.3) is 11.6 Å². The summed E-state index contributed by atoms with van der Waals surface area (Å²) >= 11 is 6.01. The fraction of sp³-hybridized carbons (Fsp3) is 0.533. The van der Waals surface area contributed by atoms with E-state index in [-0.39, 0.29) is 35.1 Å².